The molecule has 7 nitrogen and oxygen atoms in total. The number of rotatable bonds is 11. The zero-order valence-corrected chi connectivity index (χ0v) is 24.9. The van der Waals surface area contributed by atoms with Gasteiger partial charge in [-0.2, -0.15) is 0 Å². The summed E-state index contributed by atoms with van der Waals surface area (Å²) in [6, 6.07) is 35.2. The molecule has 0 bridgehead atoms. The maximum Gasteiger partial charge on any atom is 0.241 e. The van der Waals surface area contributed by atoms with Gasteiger partial charge in [0.15, 0.2) is 0 Å². The Bertz CT molecular complexity index is 1720. The number of anilines is 1. The van der Waals surface area contributed by atoms with Crippen LogP contribution in [0.5, 0.6) is 5.75 Å². The summed E-state index contributed by atoms with van der Waals surface area (Å²) in [5.74, 6) is 0.783. The Hall–Kier alpha value is -4.24. The molecule has 2 heterocycles. The topological polar surface area (TPSA) is 74.8 Å². The summed E-state index contributed by atoms with van der Waals surface area (Å²) in [6.07, 6.45) is 3.88. The number of ether oxygens (including phenoxy) is 1. The summed E-state index contributed by atoms with van der Waals surface area (Å²) in [7, 11) is -3.80. The van der Waals surface area contributed by atoms with Crippen molar-refractivity contribution in [2.24, 2.45) is 0 Å². The predicted octanol–water partition coefficient (Wildman–Crippen LogP) is 5.53. The van der Waals surface area contributed by atoms with E-state index < -0.39 is 10.0 Å². The van der Waals surface area contributed by atoms with Crippen LogP contribution in [0.15, 0.2) is 126 Å². The number of nitrogens with one attached hydrogen (secondary N) is 1. The lowest BCUT2D eigenvalue weighted by Crippen LogP contribution is -2.52. The monoisotopic (exact) mass is 592 g/mol. The second-order valence-corrected chi connectivity index (χ2v) is 12.6. The molecule has 220 valence electrons. The molecule has 5 aromatic rings. The summed E-state index contributed by atoms with van der Waals surface area (Å²) < 4.78 is 36.7. The number of benzene rings is 4. The van der Waals surface area contributed by atoms with Gasteiger partial charge in [-0.15, -0.1) is 0 Å². The number of sulfonamides is 1. The van der Waals surface area contributed by atoms with E-state index in [0.717, 1.165) is 48.4 Å². The van der Waals surface area contributed by atoms with Crippen molar-refractivity contribution in [3.63, 3.8) is 0 Å². The van der Waals surface area contributed by atoms with E-state index in [2.05, 4.69) is 43.8 Å². The minimum Gasteiger partial charge on any atom is -0.489 e. The van der Waals surface area contributed by atoms with Gasteiger partial charge < -0.3 is 9.64 Å². The van der Waals surface area contributed by atoms with Crippen LogP contribution < -0.4 is 14.4 Å². The highest BCUT2D eigenvalue weighted by Gasteiger charge is 2.26. The smallest absolute Gasteiger partial charge is 0.241 e. The van der Waals surface area contributed by atoms with E-state index in [1.54, 1.807) is 30.6 Å². The fourth-order valence-corrected chi connectivity index (χ4v) is 7.10. The lowest BCUT2D eigenvalue weighted by molar-refractivity contribution is 0.236. The molecule has 1 aliphatic rings. The Labute approximate surface area is 253 Å². The van der Waals surface area contributed by atoms with E-state index in [1.807, 2.05) is 66.7 Å². The molecule has 1 saturated heterocycles. The highest BCUT2D eigenvalue weighted by Crippen LogP contribution is 2.23. The largest absolute Gasteiger partial charge is 0.489 e. The molecule has 1 fully saturated rings. The normalized spacial score (nSPS) is 14.9. The van der Waals surface area contributed by atoms with Crippen LogP contribution in [0.1, 0.15) is 11.1 Å². The Morgan fingerprint density at radius 2 is 1.49 bits per heavy atom. The Balaban J connectivity index is 1.17. The van der Waals surface area contributed by atoms with Crippen LogP contribution in [-0.2, 0) is 23.1 Å². The third-order valence-electron chi connectivity index (χ3n) is 7.88. The van der Waals surface area contributed by atoms with Gasteiger partial charge in [0.1, 0.15) is 12.4 Å². The SMILES string of the molecule is O=S(=O)(NC(Cc1ccc(OCc2ccccc2)cc1)CN1CCN(c2ccccc2)CC1)c1cccc2cnccc12. The second kappa shape index (κ2) is 13.4. The quantitative estimate of drug-likeness (QED) is 0.218. The number of nitrogens with zero attached hydrogens (tertiary/aromatic N) is 3. The summed E-state index contributed by atoms with van der Waals surface area (Å²) in [5, 5.41) is 1.46. The predicted molar refractivity (Wildman–Crippen MR) is 172 cm³/mol. The first-order chi connectivity index (χ1) is 21.0. The lowest BCUT2D eigenvalue weighted by atomic mass is 10.1. The van der Waals surface area contributed by atoms with Crippen molar-refractivity contribution in [1.29, 1.82) is 0 Å². The van der Waals surface area contributed by atoms with E-state index in [0.29, 0.717) is 25.0 Å². The van der Waals surface area contributed by atoms with Crippen molar-refractivity contribution in [1.82, 2.24) is 14.6 Å². The number of pyridine rings is 1. The highest BCUT2D eigenvalue weighted by molar-refractivity contribution is 7.89. The summed E-state index contributed by atoms with van der Waals surface area (Å²) >= 11 is 0. The minimum atomic E-state index is -3.80. The van der Waals surface area contributed by atoms with Crippen molar-refractivity contribution in [3.8, 4) is 5.75 Å². The molecule has 1 atom stereocenters. The zero-order chi connectivity index (χ0) is 29.5. The standard InChI is InChI=1S/C35H36N4O3S/c40-43(41,35-13-7-10-30-25-36-19-18-34(30)35)37-31(26-38-20-22-39(23-21-38)32-11-5-2-6-12-32)24-28-14-16-33(17-15-28)42-27-29-8-3-1-4-9-29/h1-19,25,31,37H,20-24,26-27H2. The van der Waals surface area contributed by atoms with E-state index in [4.69, 9.17) is 4.74 Å². The van der Waals surface area contributed by atoms with Crippen molar-refractivity contribution in [2.45, 2.75) is 24.0 Å². The number of aromatic nitrogens is 1. The fraction of sp³-hybridized carbons (Fsp3) is 0.229. The van der Waals surface area contributed by atoms with Crippen LogP contribution in [0.2, 0.25) is 0 Å². The van der Waals surface area contributed by atoms with Crippen molar-refractivity contribution in [2.75, 3.05) is 37.6 Å². The molecular weight excluding hydrogens is 556 g/mol. The summed E-state index contributed by atoms with van der Waals surface area (Å²) in [5.41, 5.74) is 3.38. The van der Waals surface area contributed by atoms with Crippen LogP contribution in [0.4, 0.5) is 5.69 Å². The van der Waals surface area contributed by atoms with Gasteiger partial charge in [-0.05, 0) is 53.9 Å². The van der Waals surface area contributed by atoms with E-state index in [-0.39, 0.29) is 10.9 Å². The number of hydrogen-bond donors (Lipinski definition) is 1. The second-order valence-electron chi connectivity index (χ2n) is 10.9. The molecule has 1 aliphatic heterocycles. The van der Waals surface area contributed by atoms with Crippen LogP contribution in [0.3, 0.4) is 0 Å². The van der Waals surface area contributed by atoms with Crippen molar-refractivity contribution < 1.29 is 13.2 Å². The van der Waals surface area contributed by atoms with Crippen LogP contribution in [0.25, 0.3) is 10.8 Å². The first-order valence-corrected chi connectivity index (χ1v) is 16.1. The first-order valence-electron chi connectivity index (χ1n) is 14.7. The number of hydrogen-bond acceptors (Lipinski definition) is 6. The summed E-state index contributed by atoms with van der Waals surface area (Å²) in [6.45, 7) is 4.62. The molecule has 0 spiro atoms. The molecule has 1 unspecified atom stereocenters. The van der Waals surface area contributed by atoms with Gasteiger partial charge in [0.25, 0.3) is 0 Å². The third-order valence-corrected chi connectivity index (χ3v) is 9.46. The van der Waals surface area contributed by atoms with Crippen LogP contribution >= 0.6 is 0 Å². The molecule has 1 aromatic heterocycles. The Morgan fingerprint density at radius 3 is 2.23 bits per heavy atom. The molecule has 0 aliphatic carbocycles. The lowest BCUT2D eigenvalue weighted by Gasteiger charge is -2.37. The van der Waals surface area contributed by atoms with Crippen LogP contribution in [0, 0.1) is 0 Å². The van der Waals surface area contributed by atoms with E-state index in [1.165, 1.54) is 5.69 Å². The molecule has 4 aromatic carbocycles. The molecule has 0 radical (unpaired) electrons. The van der Waals surface area contributed by atoms with Crippen LogP contribution in [-0.4, -0.2) is 57.1 Å². The highest BCUT2D eigenvalue weighted by atomic mass is 32.2. The first kappa shape index (κ1) is 28.9. The molecule has 6 rings (SSSR count). The average molecular weight is 593 g/mol. The summed E-state index contributed by atoms with van der Waals surface area (Å²) in [4.78, 5) is 9.17. The number of fused-ring (bicyclic) bond motifs is 1. The van der Waals surface area contributed by atoms with Gasteiger partial charge in [-0.25, -0.2) is 13.1 Å². The van der Waals surface area contributed by atoms with E-state index >= 15 is 0 Å². The maximum absolute atomic E-state index is 13.8. The maximum atomic E-state index is 13.8. The minimum absolute atomic E-state index is 0.274. The van der Waals surface area contributed by atoms with Crippen molar-refractivity contribution >= 4 is 26.5 Å². The van der Waals surface area contributed by atoms with E-state index in [9.17, 15) is 8.42 Å². The zero-order valence-electron chi connectivity index (χ0n) is 24.0. The molecule has 43 heavy (non-hydrogen) atoms. The van der Waals surface area contributed by atoms with Gasteiger partial charge in [-0.3, -0.25) is 9.88 Å². The fourth-order valence-electron chi connectivity index (χ4n) is 5.64. The number of para-hydroxylation sites is 1. The molecule has 0 amide bonds. The average Bonchev–Trinajstić information content (AvgIpc) is 3.05. The molecular formula is C35H36N4O3S. The number of piperazine rings is 1. The third kappa shape index (κ3) is 7.40. The molecule has 8 heteroatoms. The van der Waals surface area contributed by atoms with Gasteiger partial charge in [-0.1, -0.05) is 72.8 Å². The van der Waals surface area contributed by atoms with Gasteiger partial charge in [0, 0.05) is 67.6 Å². The Kier molecular flexibility index (Phi) is 8.98. The van der Waals surface area contributed by atoms with Gasteiger partial charge in [0.05, 0.1) is 4.90 Å². The van der Waals surface area contributed by atoms with Crippen molar-refractivity contribution in [3.05, 3.63) is 133 Å². The molecule has 0 saturated carbocycles. The van der Waals surface area contributed by atoms with Gasteiger partial charge >= 0.3 is 0 Å². The Morgan fingerprint density at radius 1 is 0.767 bits per heavy atom. The van der Waals surface area contributed by atoms with Gasteiger partial charge in [0.2, 0.25) is 10.0 Å². The molecule has 1 N–H and O–H groups in total.